The molecule has 0 bridgehead atoms. The van der Waals surface area contributed by atoms with E-state index in [9.17, 15) is 83.4 Å². The van der Waals surface area contributed by atoms with Gasteiger partial charge in [-0.2, -0.15) is 26.3 Å². The first kappa shape index (κ1) is 47.8. The summed E-state index contributed by atoms with van der Waals surface area (Å²) in [6.45, 7) is 1.28. The zero-order chi connectivity index (χ0) is 38.3. The van der Waals surface area contributed by atoms with Gasteiger partial charge in [-0.05, 0) is 56.8 Å². The van der Waals surface area contributed by atoms with E-state index in [1.165, 1.54) is 6.92 Å². The highest BCUT2D eigenvalue weighted by Crippen LogP contribution is 2.61. The second kappa shape index (κ2) is 16.6. The second-order valence-electron chi connectivity index (χ2n) is 12.2. The van der Waals surface area contributed by atoms with Crippen LogP contribution in [0.25, 0.3) is 0 Å². The molecule has 0 spiro atoms. The molecule has 0 aromatic carbocycles. The van der Waals surface area contributed by atoms with E-state index in [2.05, 4.69) is 0 Å². The molecule has 286 valence electrons. The van der Waals surface area contributed by atoms with Crippen molar-refractivity contribution >= 4 is 0 Å². The molecule has 0 heterocycles. The van der Waals surface area contributed by atoms with Crippen LogP contribution in [0.3, 0.4) is 0 Å². The highest BCUT2D eigenvalue weighted by molar-refractivity contribution is 5.17. The Hall–Kier alpha value is -1.33. The van der Waals surface area contributed by atoms with Crippen molar-refractivity contribution in [3.63, 3.8) is 0 Å². The molecule has 19 heteroatoms. The maximum Gasteiger partial charge on any atom is 0.431 e. The summed E-state index contributed by atoms with van der Waals surface area (Å²) >= 11 is 0. The van der Waals surface area contributed by atoms with Gasteiger partial charge in [-0.3, -0.25) is 8.78 Å². The fraction of sp³-hybridized carbons (Fsp3) is 1.00. The normalized spacial score (nSPS) is 39.4. The van der Waals surface area contributed by atoms with Crippen molar-refractivity contribution in [3.05, 3.63) is 0 Å². The van der Waals surface area contributed by atoms with Crippen molar-refractivity contribution in [3.8, 4) is 0 Å². The molecular formula is C28H41F19. The summed E-state index contributed by atoms with van der Waals surface area (Å²) in [6, 6.07) is 0. The minimum atomic E-state index is -6.17. The minimum Gasteiger partial charge on any atom is -0.255 e. The van der Waals surface area contributed by atoms with Gasteiger partial charge in [-0.15, -0.1) is 0 Å². The summed E-state index contributed by atoms with van der Waals surface area (Å²) in [5.74, 6) is -12.0. The number of rotatable bonds is 3. The van der Waals surface area contributed by atoms with Crippen LogP contribution in [0.5, 0.6) is 0 Å². The van der Waals surface area contributed by atoms with Gasteiger partial charge in [-0.1, -0.05) is 27.2 Å². The Labute approximate surface area is 261 Å². The fourth-order valence-corrected chi connectivity index (χ4v) is 6.12. The quantitative estimate of drug-likeness (QED) is 0.253. The number of halogens is 19. The van der Waals surface area contributed by atoms with Crippen molar-refractivity contribution in [2.75, 3.05) is 27.7 Å². The van der Waals surface area contributed by atoms with E-state index in [0.29, 0.717) is 20.8 Å². The lowest BCUT2D eigenvalue weighted by Gasteiger charge is -2.48. The Balaban J connectivity index is 0. The standard InChI is InChI=1S/C10H13F7.C9H10F8.C7H12F2.2CH3F/c1-3-6-4-7(2,11)9(14,10(15,16)17)8(12,13)5-6;1-5-2-6(11,4-10)8(14,9(15,16)17)7(12,13)3-5;1-6-3-2-4-7(6,9)5-8;2*1-2/h6H,3-5H2,1-2H3;5H,2-4H2,1H3;6H,2-5H2,1H3;2*1H3. The summed E-state index contributed by atoms with van der Waals surface area (Å²) < 4.78 is 239. The first-order valence-corrected chi connectivity index (χ1v) is 14.2. The lowest BCUT2D eigenvalue weighted by atomic mass is 9.67. The Morgan fingerprint density at radius 3 is 1.32 bits per heavy atom. The molecule has 0 saturated heterocycles. The van der Waals surface area contributed by atoms with Gasteiger partial charge in [0, 0.05) is 12.8 Å². The first-order valence-electron chi connectivity index (χ1n) is 14.2. The zero-order valence-corrected chi connectivity index (χ0v) is 26.5. The van der Waals surface area contributed by atoms with Gasteiger partial charge >= 0.3 is 23.7 Å². The van der Waals surface area contributed by atoms with Gasteiger partial charge in [-0.25, -0.2) is 48.3 Å². The Morgan fingerprint density at radius 1 is 0.617 bits per heavy atom. The van der Waals surface area contributed by atoms with Gasteiger partial charge in [0.15, 0.2) is 11.3 Å². The molecule has 3 rings (SSSR count). The van der Waals surface area contributed by atoms with Crippen LogP contribution in [0.1, 0.15) is 79.1 Å². The van der Waals surface area contributed by atoms with Crippen LogP contribution in [0.4, 0.5) is 83.4 Å². The van der Waals surface area contributed by atoms with E-state index >= 15 is 0 Å². The van der Waals surface area contributed by atoms with Crippen LogP contribution in [0.2, 0.25) is 0 Å². The zero-order valence-electron chi connectivity index (χ0n) is 26.5. The summed E-state index contributed by atoms with van der Waals surface area (Å²) in [5.41, 5.74) is -19.9. The second-order valence-corrected chi connectivity index (χ2v) is 12.2. The molecule has 0 aromatic rings. The third kappa shape index (κ3) is 9.27. The molecular weight excluding hydrogens is 697 g/mol. The molecule has 8 atom stereocenters. The molecule has 0 nitrogen and oxygen atoms in total. The van der Waals surface area contributed by atoms with Crippen LogP contribution in [0.15, 0.2) is 0 Å². The van der Waals surface area contributed by atoms with E-state index in [1.807, 2.05) is 0 Å². The minimum absolute atomic E-state index is 0.0671. The Bertz CT molecular complexity index is 896. The molecule has 0 N–H and O–H groups in total. The van der Waals surface area contributed by atoms with Crippen LogP contribution in [-0.4, -0.2) is 80.2 Å². The van der Waals surface area contributed by atoms with Crippen LogP contribution in [0, 0.1) is 17.8 Å². The van der Waals surface area contributed by atoms with E-state index < -0.39 is 103 Å². The molecule has 47 heavy (non-hydrogen) atoms. The predicted molar refractivity (Wildman–Crippen MR) is 137 cm³/mol. The molecule has 3 fully saturated rings. The summed E-state index contributed by atoms with van der Waals surface area (Å²) in [5, 5.41) is 0. The largest absolute Gasteiger partial charge is 0.431 e. The van der Waals surface area contributed by atoms with E-state index in [-0.39, 0.29) is 19.3 Å². The fourth-order valence-electron chi connectivity index (χ4n) is 6.12. The highest BCUT2D eigenvalue weighted by Gasteiger charge is 2.83. The van der Waals surface area contributed by atoms with Crippen molar-refractivity contribution in [1.29, 1.82) is 0 Å². The van der Waals surface area contributed by atoms with Crippen LogP contribution < -0.4 is 0 Å². The number of alkyl halides is 19. The van der Waals surface area contributed by atoms with Gasteiger partial charge < -0.3 is 0 Å². The highest BCUT2D eigenvalue weighted by atomic mass is 19.4. The SMILES string of the molecule is CC1CC(F)(F)C(F)(C(F)(F)F)C(F)(CF)C1.CC1CCCC1(F)CF.CCC1CC(C)(F)C(F)(C(F)(F)F)C(F)(F)C1.CF.CF. The van der Waals surface area contributed by atoms with Gasteiger partial charge in [0.05, 0.1) is 14.4 Å². The third-order valence-electron chi connectivity index (χ3n) is 8.74. The van der Waals surface area contributed by atoms with Crippen LogP contribution in [-0.2, 0) is 0 Å². The molecule has 3 aliphatic rings. The maximum atomic E-state index is 13.8. The van der Waals surface area contributed by atoms with Gasteiger partial charge in [0.25, 0.3) is 11.8 Å². The van der Waals surface area contributed by atoms with Crippen molar-refractivity contribution in [2.45, 2.75) is 132 Å². The average molecular weight is 739 g/mol. The van der Waals surface area contributed by atoms with Gasteiger partial charge in [0.1, 0.15) is 19.0 Å². The topological polar surface area (TPSA) is 0 Å². The van der Waals surface area contributed by atoms with Crippen LogP contribution >= 0.6 is 0 Å². The van der Waals surface area contributed by atoms with E-state index in [0.717, 1.165) is 19.8 Å². The van der Waals surface area contributed by atoms with E-state index in [4.69, 9.17) is 0 Å². The summed E-state index contributed by atoms with van der Waals surface area (Å²) in [7, 11) is 1.00. The maximum absolute atomic E-state index is 13.8. The van der Waals surface area contributed by atoms with Crippen molar-refractivity contribution in [2.24, 2.45) is 17.8 Å². The average Bonchev–Trinajstić information content (AvgIpc) is 3.29. The molecule has 8 unspecified atom stereocenters. The van der Waals surface area contributed by atoms with Crippen molar-refractivity contribution < 1.29 is 83.4 Å². The molecule has 0 aliphatic heterocycles. The smallest absolute Gasteiger partial charge is 0.255 e. The first-order chi connectivity index (χ1) is 21.0. The molecule has 3 aliphatic carbocycles. The molecule has 3 saturated carbocycles. The van der Waals surface area contributed by atoms with Gasteiger partial charge in [0.2, 0.25) is 0 Å². The van der Waals surface area contributed by atoms with E-state index in [1.54, 1.807) is 6.92 Å². The lowest BCUT2D eigenvalue weighted by molar-refractivity contribution is -0.360. The molecule has 0 radical (unpaired) electrons. The third-order valence-corrected chi connectivity index (χ3v) is 8.74. The predicted octanol–water partition coefficient (Wildman–Crippen LogP) is 12.1. The lowest BCUT2D eigenvalue weighted by Crippen LogP contribution is -2.71. The summed E-state index contributed by atoms with van der Waals surface area (Å²) in [4.78, 5) is 0. The number of hydrogen-bond donors (Lipinski definition) is 0. The van der Waals surface area contributed by atoms with Crippen molar-refractivity contribution in [1.82, 2.24) is 0 Å². The molecule has 0 amide bonds. The number of hydrogen-bond acceptors (Lipinski definition) is 0. The molecule has 0 aromatic heterocycles. The Morgan fingerprint density at radius 2 is 1.04 bits per heavy atom. The monoisotopic (exact) mass is 738 g/mol. The summed E-state index contributed by atoms with van der Waals surface area (Å²) in [6.07, 6.45) is -14.7. The Kier molecular flexibility index (Phi) is 16.9.